The van der Waals surface area contributed by atoms with Gasteiger partial charge in [0.25, 0.3) is 0 Å². The van der Waals surface area contributed by atoms with E-state index in [1.807, 2.05) is 7.05 Å². The number of allylic oxidation sites excluding steroid dienone is 3. The Kier molecular flexibility index (Phi) is 5.69. The van der Waals surface area contributed by atoms with Crippen molar-refractivity contribution < 1.29 is 14.9 Å². The molecule has 6 unspecified atom stereocenters. The van der Waals surface area contributed by atoms with Crippen LogP contribution in [0.4, 0.5) is 0 Å². The fraction of sp³-hybridized carbons (Fsp3) is 0.867. The lowest BCUT2D eigenvalue weighted by Crippen LogP contribution is -2.77. The van der Waals surface area contributed by atoms with Gasteiger partial charge in [0, 0.05) is 11.5 Å². The molecule has 1 heterocycles. The number of aliphatic hydroxyl groups is 2. The van der Waals surface area contributed by atoms with Gasteiger partial charge >= 0.3 is 0 Å². The van der Waals surface area contributed by atoms with Crippen molar-refractivity contribution in [3.05, 3.63) is 23.3 Å². The number of hydrogen-bond donors (Lipinski definition) is 4. The van der Waals surface area contributed by atoms with E-state index in [-0.39, 0.29) is 48.9 Å². The number of aliphatic hydroxyl groups excluding tert-OH is 2. The average molecular weight is 611 g/mol. The molecule has 0 spiro atoms. The van der Waals surface area contributed by atoms with Crippen LogP contribution in [-0.2, 0) is 4.74 Å². The van der Waals surface area contributed by atoms with Crippen molar-refractivity contribution in [1.82, 2.24) is 5.32 Å². The second kappa shape index (κ2) is 7.81. The van der Waals surface area contributed by atoms with E-state index in [2.05, 4.69) is 74.7 Å². The topological polar surface area (TPSA) is 91.0 Å². The van der Waals surface area contributed by atoms with Crippen LogP contribution in [0.15, 0.2) is 23.3 Å². The van der Waals surface area contributed by atoms with E-state index in [9.17, 15) is 10.2 Å². The zero-order valence-corrected chi connectivity index (χ0v) is 25.2. The quantitative estimate of drug-likeness (QED) is 0.204. The minimum absolute atomic E-state index is 0.00151. The van der Waals surface area contributed by atoms with Gasteiger partial charge in [-0.2, -0.15) is 0 Å². The molecular weight excluding hydrogens is 563 g/mol. The maximum absolute atomic E-state index is 10.8. The van der Waals surface area contributed by atoms with Crippen LogP contribution in [0.3, 0.4) is 0 Å². The lowest BCUT2D eigenvalue weighted by atomic mass is 9.32. The highest BCUT2D eigenvalue weighted by Gasteiger charge is 2.74. The summed E-state index contributed by atoms with van der Waals surface area (Å²) >= 11 is 2.71. The molecule has 0 aromatic heterocycles. The number of nitrogens with one attached hydrogen (secondary N) is 1. The predicted octanol–water partition coefficient (Wildman–Crippen LogP) is 4.84. The predicted molar refractivity (Wildman–Crippen MR) is 152 cm³/mol. The number of rotatable bonds is 2. The van der Waals surface area contributed by atoms with E-state index in [0.717, 1.165) is 25.7 Å². The summed E-state index contributed by atoms with van der Waals surface area (Å²) in [6, 6.07) is 0. The molecule has 0 bridgehead atoms. The summed E-state index contributed by atoms with van der Waals surface area (Å²) in [5.74, 6) is 0.294. The molecule has 36 heavy (non-hydrogen) atoms. The first-order chi connectivity index (χ1) is 16.7. The minimum Gasteiger partial charge on any atom is -0.390 e. The molecule has 202 valence electrons. The van der Waals surface area contributed by atoms with Gasteiger partial charge in [-0.25, -0.2) is 0 Å². The molecule has 4 saturated carbocycles. The van der Waals surface area contributed by atoms with Crippen LogP contribution in [0.2, 0.25) is 0 Å². The first-order valence-corrected chi connectivity index (χ1v) is 15.4. The van der Waals surface area contributed by atoms with Crippen LogP contribution in [-0.4, -0.2) is 50.8 Å². The first-order valence-electron chi connectivity index (χ1n) is 14.3. The van der Waals surface area contributed by atoms with Crippen molar-refractivity contribution in [3.63, 3.8) is 0 Å². The summed E-state index contributed by atoms with van der Waals surface area (Å²) in [5, 5.41) is 24.8. The maximum atomic E-state index is 10.8. The van der Waals surface area contributed by atoms with Crippen LogP contribution in [0, 0.1) is 33.5 Å². The standard InChI is InChI=1S/C30H47IN2O3/c1-17-18-7-8-21-26(3,19(18)15-20(34)22(17)35)11-13-28(5)27(21,4)12-9-25(2)10-14-29(31,16-30(25,28)32)23-24(33-6)36-23/h7-8,17,19-20,22-24,33-35H,9-16,32H2,1-6H3/t17?,19?,20?,22?,23?,24?,25-,26-,27+,28+,29-,30-/m0/s1. The molecule has 1 aliphatic heterocycles. The fourth-order valence-electron chi connectivity index (χ4n) is 10.3. The van der Waals surface area contributed by atoms with Crippen LogP contribution < -0.4 is 11.1 Å². The first kappa shape index (κ1) is 26.2. The van der Waals surface area contributed by atoms with Gasteiger partial charge in [-0.15, -0.1) is 0 Å². The number of ether oxygens (including phenoxy) is 1. The van der Waals surface area contributed by atoms with Gasteiger partial charge < -0.3 is 20.7 Å². The average Bonchev–Trinajstić information content (AvgIpc) is 3.63. The zero-order valence-electron chi connectivity index (χ0n) is 23.0. The third-order valence-corrected chi connectivity index (χ3v) is 14.8. The monoisotopic (exact) mass is 610 g/mol. The largest absolute Gasteiger partial charge is 0.390 e. The molecule has 0 radical (unpaired) electrons. The van der Waals surface area contributed by atoms with Crippen LogP contribution in [0.25, 0.3) is 0 Å². The Labute approximate surface area is 231 Å². The summed E-state index contributed by atoms with van der Waals surface area (Å²) in [6.07, 6.45) is 12.4. The maximum Gasteiger partial charge on any atom is 0.136 e. The number of hydrogen-bond acceptors (Lipinski definition) is 5. The van der Waals surface area contributed by atoms with Gasteiger partial charge in [-0.3, -0.25) is 5.32 Å². The van der Waals surface area contributed by atoms with E-state index in [1.54, 1.807) is 5.57 Å². The Morgan fingerprint density at radius 3 is 2.39 bits per heavy atom. The number of epoxide rings is 1. The summed E-state index contributed by atoms with van der Waals surface area (Å²) < 4.78 is 6.18. The Hall–Kier alpha value is 0.0100. The number of fused-ring (bicyclic) bond motifs is 7. The lowest BCUT2D eigenvalue weighted by Gasteiger charge is -2.74. The highest BCUT2D eigenvalue weighted by Crippen LogP contribution is 2.76. The summed E-state index contributed by atoms with van der Waals surface area (Å²) in [6.45, 7) is 12.1. The third kappa shape index (κ3) is 3.01. The lowest BCUT2D eigenvalue weighted by molar-refractivity contribution is -0.172. The molecule has 5 fully saturated rings. The Balaban J connectivity index is 1.43. The number of alkyl halides is 1. The molecule has 6 aliphatic rings. The van der Waals surface area contributed by atoms with Gasteiger partial charge in [0.1, 0.15) is 12.3 Å². The van der Waals surface area contributed by atoms with Crippen LogP contribution >= 0.6 is 22.6 Å². The normalized spacial score (nSPS) is 60.1. The van der Waals surface area contributed by atoms with Crippen molar-refractivity contribution >= 4 is 22.6 Å². The number of halogens is 1. The molecule has 12 atom stereocenters. The molecule has 5 nitrogen and oxygen atoms in total. The summed E-state index contributed by atoms with van der Waals surface area (Å²) in [4.78, 5) is 0. The molecule has 5 N–H and O–H groups in total. The van der Waals surface area contributed by atoms with Crippen LogP contribution in [0.5, 0.6) is 0 Å². The van der Waals surface area contributed by atoms with Gasteiger partial charge in [-0.1, -0.05) is 80.5 Å². The molecule has 6 rings (SSSR count). The number of nitrogens with two attached hydrogens (primary N) is 1. The Bertz CT molecular complexity index is 1030. The summed E-state index contributed by atoms with van der Waals surface area (Å²) in [5.41, 5.74) is 10.6. The molecule has 0 amide bonds. The van der Waals surface area contributed by atoms with Gasteiger partial charge in [0.15, 0.2) is 0 Å². The highest BCUT2D eigenvalue weighted by atomic mass is 127. The van der Waals surface area contributed by atoms with Crippen LogP contribution in [0.1, 0.15) is 86.0 Å². The number of likely N-dealkylation sites (N-methyl/N-ethyl adjacent to an activating group) is 1. The van der Waals surface area contributed by atoms with Crippen molar-refractivity contribution in [2.45, 2.75) is 119 Å². The van der Waals surface area contributed by atoms with Crippen molar-refractivity contribution in [3.8, 4) is 0 Å². The Morgan fingerprint density at radius 2 is 1.72 bits per heavy atom. The van der Waals surface area contributed by atoms with E-state index in [1.165, 1.54) is 24.8 Å². The van der Waals surface area contributed by atoms with Gasteiger partial charge in [0.05, 0.1) is 15.6 Å². The molecule has 0 aromatic rings. The minimum atomic E-state index is -0.664. The molecule has 5 aliphatic carbocycles. The molecule has 1 saturated heterocycles. The second-order valence-corrected chi connectivity index (χ2v) is 16.6. The fourth-order valence-corrected chi connectivity index (χ4v) is 11.7. The summed E-state index contributed by atoms with van der Waals surface area (Å²) in [7, 11) is 2.00. The van der Waals surface area contributed by atoms with E-state index < -0.39 is 12.2 Å². The van der Waals surface area contributed by atoms with Crippen molar-refractivity contribution in [1.29, 1.82) is 0 Å². The second-order valence-electron chi connectivity index (χ2n) is 14.5. The molecular formula is C30H47IN2O3. The molecule has 0 aromatic carbocycles. The zero-order chi connectivity index (χ0) is 26.1. The SMILES string of the molecule is CNC1OC1[C@]1(I)CC[C@]2(C)CC[C@]3(C)C4=CC=C5C(C)C(O)C(O)CC5[C@]4(C)CC[C@@]3(C)[C@]2(N)C1. The third-order valence-electron chi connectivity index (χ3n) is 13.3. The van der Waals surface area contributed by atoms with E-state index in [0.29, 0.717) is 12.3 Å². The van der Waals surface area contributed by atoms with Crippen molar-refractivity contribution in [2.24, 2.45) is 39.2 Å². The van der Waals surface area contributed by atoms with Crippen molar-refractivity contribution in [2.75, 3.05) is 7.05 Å². The Morgan fingerprint density at radius 1 is 1.03 bits per heavy atom. The van der Waals surface area contributed by atoms with E-state index in [4.69, 9.17) is 10.5 Å². The smallest absolute Gasteiger partial charge is 0.136 e. The van der Waals surface area contributed by atoms with E-state index >= 15 is 0 Å². The van der Waals surface area contributed by atoms with Gasteiger partial charge in [0.2, 0.25) is 0 Å². The van der Waals surface area contributed by atoms with Gasteiger partial charge in [-0.05, 0) is 86.0 Å². The highest BCUT2D eigenvalue weighted by molar-refractivity contribution is 14.1. The molecule has 6 heteroatoms.